The Bertz CT molecular complexity index is 442. The Morgan fingerprint density at radius 1 is 1.25 bits per heavy atom. The van der Waals surface area contributed by atoms with Gasteiger partial charge in [0.1, 0.15) is 0 Å². The van der Waals surface area contributed by atoms with E-state index in [2.05, 4.69) is 5.10 Å². The molecular weight excluding hydrogens is 268 g/mol. The van der Waals surface area contributed by atoms with Gasteiger partial charge in [-0.3, -0.25) is 4.68 Å². The molecule has 0 aliphatic carbocycles. The third kappa shape index (κ3) is 3.59. The number of hydrogen-bond donors (Lipinski definition) is 1. The van der Waals surface area contributed by atoms with Gasteiger partial charge in [0.25, 0.3) is 0 Å². The molecule has 0 amide bonds. The molecule has 0 radical (unpaired) electrons. The van der Waals surface area contributed by atoms with Crippen molar-refractivity contribution in [3.63, 3.8) is 0 Å². The second-order valence-electron chi connectivity index (χ2n) is 3.06. The van der Waals surface area contributed by atoms with Gasteiger partial charge >= 0.3 is 0 Å². The molecule has 0 saturated heterocycles. The van der Waals surface area contributed by atoms with Crippen LogP contribution in [0, 0.1) is 0 Å². The molecule has 1 heterocycles. The van der Waals surface area contributed by atoms with Gasteiger partial charge in [-0.25, -0.2) is 0 Å². The van der Waals surface area contributed by atoms with Gasteiger partial charge < -0.3 is 5.73 Å². The van der Waals surface area contributed by atoms with Crippen molar-refractivity contribution in [3.8, 4) is 0 Å². The number of nitrogens with two attached hydrogens (primary N) is 1. The van der Waals surface area contributed by atoms with Gasteiger partial charge in [-0.2, -0.15) is 5.10 Å². The fourth-order valence-electron chi connectivity index (χ4n) is 1.27. The molecule has 0 spiro atoms. The Morgan fingerprint density at radius 3 is 2.50 bits per heavy atom. The van der Waals surface area contributed by atoms with E-state index in [-0.39, 0.29) is 24.8 Å². The van der Waals surface area contributed by atoms with Gasteiger partial charge in [0.05, 0.1) is 18.4 Å². The van der Waals surface area contributed by atoms with Gasteiger partial charge in [-0.1, -0.05) is 29.8 Å². The lowest BCUT2D eigenvalue weighted by molar-refractivity contribution is 0.687. The van der Waals surface area contributed by atoms with E-state index in [4.69, 9.17) is 17.3 Å². The highest BCUT2D eigenvalue weighted by molar-refractivity contribution is 6.31. The van der Waals surface area contributed by atoms with E-state index in [1.165, 1.54) is 0 Å². The van der Waals surface area contributed by atoms with Crippen molar-refractivity contribution in [3.05, 3.63) is 47.2 Å². The zero-order valence-electron chi connectivity index (χ0n) is 8.34. The summed E-state index contributed by atoms with van der Waals surface area (Å²) in [5.74, 6) is 0. The Labute approximate surface area is 111 Å². The molecule has 0 atom stereocenters. The molecular formula is C10H12Cl3N3. The van der Waals surface area contributed by atoms with Gasteiger partial charge in [0, 0.05) is 11.2 Å². The van der Waals surface area contributed by atoms with E-state index in [0.717, 1.165) is 10.6 Å². The summed E-state index contributed by atoms with van der Waals surface area (Å²) in [5, 5.41) is 4.84. The van der Waals surface area contributed by atoms with Crippen LogP contribution in [-0.2, 0) is 6.54 Å². The van der Waals surface area contributed by atoms with E-state index >= 15 is 0 Å². The quantitative estimate of drug-likeness (QED) is 0.919. The van der Waals surface area contributed by atoms with Crippen LogP contribution < -0.4 is 5.73 Å². The van der Waals surface area contributed by atoms with E-state index in [0.29, 0.717) is 12.2 Å². The first-order chi connectivity index (χ1) is 6.75. The average Bonchev–Trinajstić information content (AvgIpc) is 2.56. The summed E-state index contributed by atoms with van der Waals surface area (Å²) in [7, 11) is 0. The summed E-state index contributed by atoms with van der Waals surface area (Å²) in [4.78, 5) is 0. The molecule has 3 nitrogen and oxygen atoms in total. The van der Waals surface area contributed by atoms with Gasteiger partial charge in [0.2, 0.25) is 0 Å². The summed E-state index contributed by atoms with van der Waals surface area (Å²) in [6.45, 7) is 0.650. The minimum absolute atomic E-state index is 0. The number of hydrogen-bond acceptors (Lipinski definition) is 2. The van der Waals surface area contributed by atoms with Crippen LogP contribution in [0.15, 0.2) is 36.7 Å². The second-order valence-corrected chi connectivity index (χ2v) is 3.47. The van der Waals surface area contributed by atoms with Gasteiger partial charge in [0.15, 0.2) is 0 Å². The minimum atomic E-state index is 0. The van der Waals surface area contributed by atoms with Crippen molar-refractivity contribution in [2.45, 2.75) is 6.54 Å². The van der Waals surface area contributed by atoms with Crippen LogP contribution in [0.4, 0.5) is 5.69 Å². The van der Waals surface area contributed by atoms with E-state index in [9.17, 15) is 0 Å². The van der Waals surface area contributed by atoms with Crippen molar-refractivity contribution in [2.24, 2.45) is 0 Å². The van der Waals surface area contributed by atoms with Crippen LogP contribution in [0.5, 0.6) is 0 Å². The summed E-state index contributed by atoms with van der Waals surface area (Å²) in [6.07, 6.45) is 3.40. The zero-order valence-corrected chi connectivity index (χ0v) is 10.7. The summed E-state index contributed by atoms with van der Waals surface area (Å²) < 4.78 is 1.76. The van der Waals surface area contributed by atoms with E-state index < -0.39 is 0 Å². The Morgan fingerprint density at radius 2 is 1.94 bits per heavy atom. The lowest BCUT2D eigenvalue weighted by Gasteiger charge is -2.03. The van der Waals surface area contributed by atoms with Crippen LogP contribution >= 0.6 is 36.4 Å². The molecule has 0 fully saturated rings. The van der Waals surface area contributed by atoms with Crippen LogP contribution in [0.2, 0.25) is 5.02 Å². The van der Waals surface area contributed by atoms with Crippen molar-refractivity contribution in [2.75, 3.05) is 5.73 Å². The molecule has 6 heteroatoms. The smallest absolute Gasteiger partial charge is 0.0719 e. The predicted molar refractivity (Wildman–Crippen MR) is 71.7 cm³/mol. The molecule has 0 aliphatic heterocycles. The molecule has 0 saturated carbocycles. The molecule has 88 valence electrons. The summed E-state index contributed by atoms with van der Waals surface area (Å²) >= 11 is 6.01. The molecule has 2 rings (SSSR count). The van der Waals surface area contributed by atoms with Crippen LogP contribution in [0.3, 0.4) is 0 Å². The van der Waals surface area contributed by atoms with Crippen molar-refractivity contribution in [1.82, 2.24) is 9.78 Å². The molecule has 2 N–H and O–H groups in total. The third-order valence-corrected chi connectivity index (χ3v) is 2.31. The Hall–Kier alpha value is -0.900. The first kappa shape index (κ1) is 15.1. The highest BCUT2D eigenvalue weighted by Crippen LogP contribution is 2.16. The SMILES string of the molecule is Cl.Cl.Nc1cnn(Cc2ccccc2Cl)c1. The predicted octanol–water partition coefficient (Wildman–Crippen LogP) is 3.01. The fourth-order valence-corrected chi connectivity index (χ4v) is 1.46. The monoisotopic (exact) mass is 279 g/mol. The highest BCUT2D eigenvalue weighted by atomic mass is 35.5. The average molecular weight is 281 g/mol. The van der Waals surface area contributed by atoms with Crippen molar-refractivity contribution >= 4 is 42.1 Å². The van der Waals surface area contributed by atoms with Crippen LogP contribution in [0.25, 0.3) is 0 Å². The van der Waals surface area contributed by atoms with E-state index in [1.54, 1.807) is 17.1 Å². The highest BCUT2D eigenvalue weighted by Gasteiger charge is 2.00. The van der Waals surface area contributed by atoms with Gasteiger partial charge in [-0.15, -0.1) is 24.8 Å². The number of anilines is 1. The molecule has 1 aromatic heterocycles. The largest absolute Gasteiger partial charge is 0.396 e. The molecule has 1 aromatic carbocycles. The number of benzene rings is 1. The first-order valence-electron chi connectivity index (χ1n) is 4.27. The Balaban J connectivity index is 0.00000112. The number of nitrogen functional groups attached to an aromatic ring is 1. The molecule has 0 aliphatic rings. The number of nitrogens with zero attached hydrogens (tertiary/aromatic N) is 2. The Kier molecular flexibility index (Phi) is 6.26. The summed E-state index contributed by atoms with van der Waals surface area (Å²) in [6, 6.07) is 7.70. The first-order valence-corrected chi connectivity index (χ1v) is 4.65. The number of rotatable bonds is 2. The second kappa shape index (κ2) is 6.63. The molecule has 16 heavy (non-hydrogen) atoms. The number of aromatic nitrogens is 2. The van der Waals surface area contributed by atoms with Crippen molar-refractivity contribution < 1.29 is 0 Å². The maximum absolute atomic E-state index is 6.01. The normalized spacial score (nSPS) is 9.06. The topological polar surface area (TPSA) is 43.8 Å². The van der Waals surface area contributed by atoms with E-state index in [1.807, 2.05) is 24.3 Å². The van der Waals surface area contributed by atoms with Crippen LogP contribution in [-0.4, -0.2) is 9.78 Å². The molecule has 2 aromatic rings. The maximum Gasteiger partial charge on any atom is 0.0719 e. The zero-order chi connectivity index (χ0) is 9.97. The lowest BCUT2D eigenvalue weighted by Crippen LogP contribution is -2.00. The van der Waals surface area contributed by atoms with Crippen molar-refractivity contribution in [1.29, 1.82) is 0 Å². The standard InChI is InChI=1S/C10H10ClN3.2ClH/c11-10-4-2-1-3-8(10)6-14-7-9(12)5-13-14;;/h1-5,7H,6,12H2;2*1H. The third-order valence-electron chi connectivity index (χ3n) is 1.94. The molecule has 0 unspecified atom stereocenters. The fraction of sp³-hybridized carbons (Fsp3) is 0.100. The molecule has 0 bridgehead atoms. The van der Waals surface area contributed by atoms with Gasteiger partial charge in [-0.05, 0) is 11.6 Å². The van der Waals surface area contributed by atoms with Crippen LogP contribution in [0.1, 0.15) is 5.56 Å². The maximum atomic E-state index is 6.01. The lowest BCUT2D eigenvalue weighted by atomic mass is 10.2. The number of halogens is 3. The summed E-state index contributed by atoms with van der Waals surface area (Å²) in [5.41, 5.74) is 7.26. The minimum Gasteiger partial charge on any atom is -0.396 e.